The number of hydrogen-bond donors (Lipinski definition) is 2. The number of aryl methyl sites for hydroxylation is 1. The van der Waals surface area contributed by atoms with E-state index in [0.29, 0.717) is 11.3 Å². The number of rotatable bonds is 2. The molecule has 1 aromatic heterocycles. The second-order valence-corrected chi connectivity index (χ2v) is 4.56. The zero-order valence-corrected chi connectivity index (χ0v) is 10.9. The van der Waals surface area contributed by atoms with Gasteiger partial charge in [-0.2, -0.15) is 0 Å². The van der Waals surface area contributed by atoms with Gasteiger partial charge in [0.1, 0.15) is 11.3 Å². The first-order chi connectivity index (χ1) is 9.65. The number of phenols is 1. The molecule has 0 unspecified atom stereocenters. The average Bonchev–Trinajstić information content (AvgIpc) is 2.77. The van der Waals surface area contributed by atoms with Crippen LogP contribution in [0.2, 0.25) is 0 Å². The number of carbonyl (C=O) groups is 1. The molecular formula is C16H13NO3. The van der Waals surface area contributed by atoms with Crippen molar-refractivity contribution in [2.24, 2.45) is 0 Å². The Morgan fingerprint density at radius 2 is 1.95 bits per heavy atom. The molecule has 4 heteroatoms. The van der Waals surface area contributed by atoms with Crippen molar-refractivity contribution in [3.8, 4) is 5.75 Å². The fourth-order valence-electron chi connectivity index (χ4n) is 2.16. The van der Waals surface area contributed by atoms with E-state index in [2.05, 4.69) is 5.32 Å². The number of aromatic hydroxyl groups is 1. The predicted molar refractivity (Wildman–Crippen MR) is 77.0 cm³/mol. The molecule has 2 aromatic carbocycles. The summed E-state index contributed by atoms with van der Waals surface area (Å²) in [6, 6.07) is 13.9. The molecule has 1 amide bonds. The lowest BCUT2D eigenvalue weighted by Crippen LogP contribution is -2.11. The van der Waals surface area contributed by atoms with Crippen molar-refractivity contribution in [1.82, 2.24) is 0 Å². The van der Waals surface area contributed by atoms with Crippen LogP contribution in [-0.2, 0) is 0 Å². The van der Waals surface area contributed by atoms with Crippen LogP contribution in [0.25, 0.3) is 11.0 Å². The number of para-hydroxylation sites is 1. The van der Waals surface area contributed by atoms with Crippen LogP contribution in [0.3, 0.4) is 0 Å². The van der Waals surface area contributed by atoms with E-state index in [4.69, 9.17) is 4.42 Å². The van der Waals surface area contributed by atoms with Crippen molar-refractivity contribution in [1.29, 1.82) is 0 Å². The number of nitrogens with one attached hydrogen (secondary N) is 1. The first-order valence-electron chi connectivity index (χ1n) is 6.23. The number of anilines is 1. The number of benzene rings is 2. The predicted octanol–water partition coefficient (Wildman–Crippen LogP) is 3.70. The molecule has 0 bridgehead atoms. The summed E-state index contributed by atoms with van der Waals surface area (Å²) in [6.07, 6.45) is 0. The van der Waals surface area contributed by atoms with Crippen LogP contribution in [-0.4, -0.2) is 11.0 Å². The molecule has 0 aliphatic heterocycles. The minimum Gasteiger partial charge on any atom is -0.508 e. The zero-order valence-electron chi connectivity index (χ0n) is 10.9. The fraction of sp³-hybridized carbons (Fsp3) is 0.0625. The molecule has 0 atom stereocenters. The van der Waals surface area contributed by atoms with Gasteiger partial charge < -0.3 is 14.8 Å². The van der Waals surface area contributed by atoms with Gasteiger partial charge in [0.25, 0.3) is 5.91 Å². The maximum Gasteiger partial charge on any atom is 0.291 e. The highest BCUT2D eigenvalue weighted by Gasteiger charge is 2.17. The van der Waals surface area contributed by atoms with Crippen LogP contribution in [0, 0.1) is 6.92 Å². The molecule has 0 radical (unpaired) electrons. The minimum absolute atomic E-state index is 0.101. The lowest BCUT2D eigenvalue weighted by molar-refractivity contribution is 0.0998. The number of amides is 1. The van der Waals surface area contributed by atoms with Crippen LogP contribution >= 0.6 is 0 Å². The van der Waals surface area contributed by atoms with Crippen molar-refractivity contribution in [2.45, 2.75) is 6.92 Å². The summed E-state index contributed by atoms with van der Waals surface area (Å²) < 4.78 is 5.59. The molecule has 3 rings (SSSR count). The van der Waals surface area contributed by atoms with Crippen LogP contribution < -0.4 is 5.32 Å². The van der Waals surface area contributed by atoms with Gasteiger partial charge in [0.15, 0.2) is 5.76 Å². The molecule has 100 valence electrons. The third-order valence-electron chi connectivity index (χ3n) is 3.15. The van der Waals surface area contributed by atoms with E-state index in [-0.39, 0.29) is 17.4 Å². The van der Waals surface area contributed by atoms with Gasteiger partial charge in [-0.15, -0.1) is 0 Å². The Balaban J connectivity index is 1.95. The van der Waals surface area contributed by atoms with Gasteiger partial charge in [-0.1, -0.05) is 24.3 Å². The molecule has 0 aliphatic carbocycles. The standard InChI is InChI=1S/C16H13NO3/c1-10-13-7-2-3-8-14(13)20-15(10)16(19)17-11-5-4-6-12(18)9-11/h2-9,18H,1H3,(H,17,19). The summed E-state index contributed by atoms with van der Waals surface area (Å²) in [4.78, 5) is 12.2. The second kappa shape index (κ2) is 4.74. The Morgan fingerprint density at radius 3 is 2.70 bits per heavy atom. The van der Waals surface area contributed by atoms with Gasteiger partial charge in [-0.25, -0.2) is 0 Å². The van der Waals surface area contributed by atoms with Crippen molar-refractivity contribution in [3.63, 3.8) is 0 Å². The summed E-state index contributed by atoms with van der Waals surface area (Å²) in [6.45, 7) is 1.85. The molecule has 3 aromatic rings. The number of hydrogen-bond acceptors (Lipinski definition) is 3. The van der Waals surface area contributed by atoms with Crippen molar-refractivity contribution >= 4 is 22.6 Å². The Bertz CT molecular complexity index is 789. The molecule has 0 fully saturated rings. The van der Waals surface area contributed by atoms with Gasteiger partial charge in [0.2, 0.25) is 0 Å². The largest absolute Gasteiger partial charge is 0.508 e. The summed E-state index contributed by atoms with van der Waals surface area (Å²) >= 11 is 0. The zero-order chi connectivity index (χ0) is 14.1. The first-order valence-corrected chi connectivity index (χ1v) is 6.23. The van der Waals surface area contributed by atoms with Crippen molar-refractivity contribution < 1.29 is 14.3 Å². The minimum atomic E-state index is -0.329. The molecule has 2 N–H and O–H groups in total. The maximum absolute atomic E-state index is 12.2. The van der Waals surface area contributed by atoms with Gasteiger partial charge in [0.05, 0.1) is 0 Å². The second-order valence-electron chi connectivity index (χ2n) is 4.56. The van der Waals surface area contributed by atoms with E-state index in [1.165, 1.54) is 6.07 Å². The Hall–Kier alpha value is -2.75. The van der Waals surface area contributed by atoms with Gasteiger partial charge >= 0.3 is 0 Å². The highest BCUT2D eigenvalue weighted by Crippen LogP contribution is 2.26. The lowest BCUT2D eigenvalue weighted by atomic mass is 10.1. The normalized spacial score (nSPS) is 10.7. The van der Waals surface area contributed by atoms with Crippen molar-refractivity contribution in [2.75, 3.05) is 5.32 Å². The smallest absolute Gasteiger partial charge is 0.291 e. The van der Waals surface area contributed by atoms with Crippen LogP contribution in [0.1, 0.15) is 16.1 Å². The average molecular weight is 267 g/mol. The van der Waals surface area contributed by atoms with E-state index >= 15 is 0 Å². The summed E-state index contributed by atoms with van der Waals surface area (Å²) in [5, 5.41) is 13.0. The molecular weight excluding hydrogens is 254 g/mol. The Labute approximate surface area is 115 Å². The highest BCUT2D eigenvalue weighted by atomic mass is 16.3. The molecule has 20 heavy (non-hydrogen) atoms. The van der Waals surface area contributed by atoms with Crippen LogP contribution in [0.5, 0.6) is 5.75 Å². The Kier molecular flexibility index (Phi) is 2.91. The number of furan rings is 1. The molecule has 0 aliphatic rings. The highest BCUT2D eigenvalue weighted by molar-refractivity contribution is 6.06. The van der Waals surface area contributed by atoms with E-state index in [9.17, 15) is 9.90 Å². The van der Waals surface area contributed by atoms with E-state index in [1.807, 2.05) is 31.2 Å². The van der Waals surface area contributed by atoms with Crippen LogP contribution in [0.15, 0.2) is 52.9 Å². The first kappa shape index (κ1) is 12.3. The molecule has 0 spiro atoms. The SMILES string of the molecule is Cc1c(C(=O)Nc2cccc(O)c2)oc2ccccc12. The third kappa shape index (κ3) is 2.12. The van der Waals surface area contributed by atoms with E-state index < -0.39 is 0 Å². The molecule has 0 saturated carbocycles. The van der Waals surface area contributed by atoms with Crippen LogP contribution in [0.4, 0.5) is 5.69 Å². The number of phenolic OH excluding ortho intramolecular Hbond substituents is 1. The molecule has 1 heterocycles. The fourth-order valence-corrected chi connectivity index (χ4v) is 2.16. The summed E-state index contributed by atoms with van der Waals surface area (Å²) in [5.74, 6) is 0.0583. The lowest BCUT2D eigenvalue weighted by Gasteiger charge is -2.04. The maximum atomic E-state index is 12.2. The van der Waals surface area contributed by atoms with E-state index in [0.717, 1.165) is 10.9 Å². The summed E-state index contributed by atoms with van der Waals surface area (Å²) in [7, 11) is 0. The van der Waals surface area contributed by atoms with Gasteiger partial charge in [-0.3, -0.25) is 4.79 Å². The quantitative estimate of drug-likeness (QED) is 0.744. The van der Waals surface area contributed by atoms with Gasteiger partial charge in [-0.05, 0) is 25.1 Å². The van der Waals surface area contributed by atoms with Gasteiger partial charge in [0, 0.05) is 22.7 Å². The van der Waals surface area contributed by atoms with Crippen molar-refractivity contribution in [3.05, 3.63) is 59.9 Å². The topological polar surface area (TPSA) is 62.5 Å². The van der Waals surface area contributed by atoms with E-state index in [1.54, 1.807) is 18.2 Å². The Morgan fingerprint density at radius 1 is 1.15 bits per heavy atom. The summed E-state index contributed by atoms with van der Waals surface area (Å²) in [5.41, 5.74) is 2.01. The number of carbonyl (C=O) groups excluding carboxylic acids is 1. The molecule has 0 saturated heterocycles. The third-order valence-corrected chi connectivity index (χ3v) is 3.15. The monoisotopic (exact) mass is 267 g/mol. The molecule has 4 nitrogen and oxygen atoms in total. The number of fused-ring (bicyclic) bond motifs is 1.